The molecule has 0 saturated carbocycles. The summed E-state index contributed by atoms with van der Waals surface area (Å²) in [5.74, 6) is 0. The molecule has 1 N–H and O–H groups in total. The van der Waals surface area contributed by atoms with Crippen molar-refractivity contribution in [3.63, 3.8) is 0 Å². The van der Waals surface area contributed by atoms with Crippen LogP contribution in [0, 0.1) is 0 Å². The summed E-state index contributed by atoms with van der Waals surface area (Å²) in [6.07, 6.45) is 7.44. The lowest BCUT2D eigenvalue weighted by Gasteiger charge is -2.27. The van der Waals surface area contributed by atoms with Gasteiger partial charge in [-0.3, -0.25) is 4.68 Å². The van der Waals surface area contributed by atoms with E-state index in [-0.39, 0.29) is 12.1 Å². The summed E-state index contributed by atoms with van der Waals surface area (Å²) in [5, 5.41) is 7.76. The first-order chi connectivity index (χ1) is 11.2. The Balaban J connectivity index is 1.59. The van der Waals surface area contributed by atoms with Gasteiger partial charge in [0.05, 0.1) is 11.7 Å². The van der Waals surface area contributed by atoms with Crippen LogP contribution < -0.4 is 5.32 Å². The van der Waals surface area contributed by atoms with Crippen molar-refractivity contribution in [3.05, 3.63) is 17.5 Å². The Bertz CT molecular complexity index is 541. The van der Waals surface area contributed by atoms with Crippen LogP contribution in [-0.4, -0.2) is 58.3 Å². The zero-order valence-electron chi connectivity index (χ0n) is 14.4. The minimum Gasteiger partial charge on any atom is -0.331 e. The molecule has 6 nitrogen and oxygen atoms in total. The van der Waals surface area contributed by atoms with Gasteiger partial charge in [-0.25, -0.2) is 4.79 Å². The van der Waals surface area contributed by atoms with E-state index in [1.807, 2.05) is 16.6 Å². The predicted molar refractivity (Wildman–Crippen MR) is 90.3 cm³/mol. The largest absolute Gasteiger partial charge is 0.331 e. The Morgan fingerprint density at radius 2 is 2.17 bits per heavy atom. The molecule has 0 unspecified atom stereocenters. The predicted octanol–water partition coefficient (Wildman–Crippen LogP) is 1.92. The third-order valence-corrected chi connectivity index (χ3v) is 4.93. The number of hydrogen-bond acceptors (Lipinski definition) is 3. The third kappa shape index (κ3) is 3.86. The number of carbonyl (C=O) groups excluding carboxylic acids is 1. The molecule has 6 heteroatoms. The summed E-state index contributed by atoms with van der Waals surface area (Å²) in [4.78, 5) is 17.1. The molecule has 1 fully saturated rings. The van der Waals surface area contributed by atoms with Crippen molar-refractivity contribution in [2.75, 3.05) is 32.7 Å². The van der Waals surface area contributed by atoms with Gasteiger partial charge in [-0.2, -0.15) is 5.10 Å². The van der Waals surface area contributed by atoms with Gasteiger partial charge in [0.15, 0.2) is 0 Å². The highest BCUT2D eigenvalue weighted by molar-refractivity contribution is 5.74. The van der Waals surface area contributed by atoms with E-state index in [9.17, 15) is 4.79 Å². The van der Waals surface area contributed by atoms with Gasteiger partial charge in [0.1, 0.15) is 0 Å². The number of carbonyl (C=O) groups is 1. The van der Waals surface area contributed by atoms with Gasteiger partial charge >= 0.3 is 6.03 Å². The minimum absolute atomic E-state index is 0.0880. The molecular formula is C17H29N5O. The summed E-state index contributed by atoms with van der Waals surface area (Å²) in [5.41, 5.74) is 2.35. The van der Waals surface area contributed by atoms with E-state index in [1.165, 1.54) is 12.0 Å². The second-order valence-electron chi connectivity index (χ2n) is 6.78. The van der Waals surface area contributed by atoms with Crippen LogP contribution in [0.4, 0.5) is 4.79 Å². The Morgan fingerprint density at radius 1 is 1.30 bits per heavy atom. The highest BCUT2D eigenvalue weighted by atomic mass is 16.2. The molecule has 1 aliphatic carbocycles. The molecule has 1 aliphatic heterocycles. The fourth-order valence-corrected chi connectivity index (χ4v) is 3.77. The molecule has 23 heavy (non-hydrogen) atoms. The summed E-state index contributed by atoms with van der Waals surface area (Å²) in [6, 6.07) is 0.208. The van der Waals surface area contributed by atoms with Crippen LogP contribution in [0.25, 0.3) is 0 Å². The Labute approximate surface area is 138 Å². The molecule has 1 atom stereocenters. The molecule has 128 valence electrons. The van der Waals surface area contributed by atoms with E-state index < -0.39 is 0 Å². The first-order valence-corrected chi connectivity index (χ1v) is 8.97. The summed E-state index contributed by atoms with van der Waals surface area (Å²) in [7, 11) is 1.95. The van der Waals surface area contributed by atoms with Crippen LogP contribution in [0.15, 0.2) is 6.20 Å². The SMILES string of the molecule is CCCN1CCCN(C(=O)N[C@@H]2CCCc3nn(C)cc32)CC1. The van der Waals surface area contributed by atoms with Gasteiger partial charge in [0.2, 0.25) is 0 Å². The number of fused-ring (bicyclic) bond motifs is 1. The molecule has 0 aromatic carbocycles. The van der Waals surface area contributed by atoms with Crippen molar-refractivity contribution < 1.29 is 4.79 Å². The second-order valence-corrected chi connectivity index (χ2v) is 6.78. The number of rotatable bonds is 3. The molecule has 3 rings (SSSR count). The molecule has 1 aromatic heterocycles. The molecule has 2 amide bonds. The normalized spacial score (nSPS) is 22.5. The van der Waals surface area contributed by atoms with E-state index in [1.54, 1.807) is 0 Å². The van der Waals surface area contributed by atoms with Crippen molar-refractivity contribution >= 4 is 6.03 Å². The Hall–Kier alpha value is -1.56. The summed E-state index contributed by atoms with van der Waals surface area (Å²) >= 11 is 0. The fraction of sp³-hybridized carbons (Fsp3) is 0.765. The van der Waals surface area contributed by atoms with Crippen molar-refractivity contribution in [2.24, 2.45) is 7.05 Å². The van der Waals surface area contributed by atoms with Crippen molar-refractivity contribution in [1.82, 2.24) is 24.9 Å². The monoisotopic (exact) mass is 319 g/mol. The number of hydrogen-bond donors (Lipinski definition) is 1. The molecule has 2 heterocycles. The van der Waals surface area contributed by atoms with Gasteiger partial charge in [-0.05, 0) is 45.2 Å². The summed E-state index contributed by atoms with van der Waals surface area (Å²) < 4.78 is 1.86. The van der Waals surface area contributed by atoms with Crippen LogP contribution in [0.3, 0.4) is 0 Å². The standard InChI is InChI=1S/C17H29N5O/c1-3-8-21-9-5-10-22(12-11-21)17(23)18-15-6-4-7-16-14(15)13-20(2)19-16/h13,15H,3-12H2,1-2H3,(H,18,23)/t15-/m1/s1. The molecule has 0 bridgehead atoms. The molecule has 2 aliphatic rings. The van der Waals surface area contributed by atoms with Crippen molar-refractivity contribution in [3.8, 4) is 0 Å². The fourth-order valence-electron chi connectivity index (χ4n) is 3.77. The number of nitrogens with one attached hydrogen (secondary N) is 1. The van der Waals surface area contributed by atoms with Gasteiger partial charge in [0, 0.05) is 38.4 Å². The maximum absolute atomic E-state index is 12.7. The van der Waals surface area contributed by atoms with E-state index >= 15 is 0 Å². The smallest absolute Gasteiger partial charge is 0.317 e. The lowest BCUT2D eigenvalue weighted by Crippen LogP contribution is -2.44. The average molecular weight is 319 g/mol. The van der Waals surface area contributed by atoms with E-state index in [4.69, 9.17) is 0 Å². The van der Waals surface area contributed by atoms with Crippen LogP contribution in [-0.2, 0) is 13.5 Å². The first kappa shape index (κ1) is 16.3. The van der Waals surface area contributed by atoms with Crippen LogP contribution in [0.2, 0.25) is 0 Å². The number of urea groups is 1. The average Bonchev–Trinajstić information content (AvgIpc) is 2.76. The zero-order chi connectivity index (χ0) is 16.2. The van der Waals surface area contributed by atoms with Crippen molar-refractivity contribution in [1.29, 1.82) is 0 Å². The number of aryl methyl sites for hydroxylation is 2. The maximum Gasteiger partial charge on any atom is 0.317 e. The minimum atomic E-state index is 0.0880. The Morgan fingerprint density at radius 3 is 3.00 bits per heavy atom. The van der Waals surface area contributed by atoms with Crippen LogP contribution in [0.1, 0.15) is 49.9 Å². The first-order valence-electron chi connectivity index (χ1n) is 8.97. The lowest BCUT2D eigenvalue weighted by molar-refractivity contribution is 0.192. The number of nitrogens with zero attached hydrogens (tertiary/aromatic N) is 4. The highest BCUT2D eigenvalue weighted by Gasteiger charge is 2.27. The second kappa shape index (κ2) is 7.34. The molecular weight excluding hydrogens is 290 g/mol. The van der Waals surface area contributed by atoms with Gasteiger partial charge in [-0.1, -0.05) is 6.92 Å². The zero-order valence-corrected chi connectivity index (χ0v) is 14.4. The van der Waals surface area contributed by atoms with E-state index in [0.29, 0.717) is 0 Å². The highest BCUT2D eigenvalue weighted by Crippen LogP contribution is 2.28. The summed E-state index contributed by atoms with van der Waals surface area (Å²) in [6.45, 7) is 7.13. The van der Waals surface area contributed by atoms with Gasteiger partial charge in [-0.15, -0.1) is 0 Å². The van der Waals surface area contributed by atoms with E-state index in [2.05, 4.69) is 28.4 Å². The lowest BCUT2D eigenvalue weighted by atomic mass is 9.93. The molecule has 0 radical (unpaired) electrons. The van der Waals surface area contributed by atoms with E-state index in [0.717, 1.165) is 64.1 Å². The topological polar surface area (TPSA) is 53.4 Å². The van der Waals surface area contributed by atoms with Crippen molar-refractivity contribution in [2.45, 2.75) is 45.1 Å². The Kier molecular flexibility index (Phi) is 5.20. The molecule has 1 saturated heterocycles. The third-order valence-electron chi connectivity index (χ3n) is 4.93. The maximum atomic E-state index is 12.7. The van der Waals surface area contributed by atoms with Gasteiger partial charge < -0.3 is 15.1 Å². The number of amides is 2. The quantitative estimate of drug-likeness (QED) is 0.926. The van der Waals surface area contributed by atoms with Crippen LogP contribution >= 0.6 is 0 Å². The molecule has 0 spiro atoms. The van der Waals surface area contributed by atoms with Gasteiger partial charge in [0.25, 0.3) is 0 Å². The number of aromatic nitrogens is 2. The molecule has 1 aromatic rings. The van der Waals surface area contributed by atoms with Crippen LogP contribution in [0.5, 0.6) is 0 Å².